The number of nitrogens with one attached hydrogen (secondary N) is 2. The van der Waals surface area contributed by atoms with Crippen molar-refractivity contribution in [3.05, 3.63) is 59.0 Å². The largest absolute Gasteiger partial charge is 0.478 e. The fourth-order valence-corrected chi connectivity index (χ4v) is 2.29. The maximum atomic E-state index is 13.3. The SMILES string of the molecule is CCNC(=NCc1ccc(F)c(C)c1)NCc1ccnc(OCC)c1. The molecule has 0 amide bonds. The lowest BCUT2D eigenvalue weighted by molar-refractivity contribution is 0.326. The number of benzene rings is 1. The molecule has 0 atom stereocenters. The third-order valence-corrected chi connectivity index (χ3v) is 3.54. The number of aromatic nitrogens is 1. The van der Waals surface area contributed by atoms with Crippen molar-refractivity contribution in [2.24, 2.45) is 4.99 Å². The minimum absolute atomic E-state index is 0.194. The van der Waals surface area contributed by atoms with Gasteiger partial charge in [-0.3, -0.25) is 0 Å². The van der Waals surface area contributed by atoms with E-state index in [1.807, 2.05) is 32.0 Å². The predicted octanol–water partition coefficient (Wildman–Crippen LogP) is 3.18. The van der Waals surface area contributed by atoms with Crippen molar-refractivity contribution >= 4 is 5.96 Å². The van der Waals surface area contributed by atoms with Crippen molar-refractivity contribution < 1.29 is 9.13 Å². The molecule has 1 heterocycles. The fourth-order valence-electron chi connectivity index (χ4n) is 2.29. The van der Waals surface area contributed by atoms with Gasteiger partial charge in [0.1, 0.15) is 5.82 Å². The summed E-state index contributed by atoms with van der Waals surface area (Å²) in [5, 5.41) is 6.49. The highest BCUT2D eigenvalue weighted by molar-refractivity contribution is 5.79. The highest BCUT2D eigenvalue weighted by Crippen LogP contribution is 2.11. The maximum Gasteiger partial charge on any atom is 0.213 e. The van der Waals surface area contributed by atoms with Gasteiger partial charge in [0.15, 0.2) is 5.96 Å². The molecule has 0 saturated heterocycles. The molecule has 1 aromatic heterocycles. The van der Waals surface area contributed by atoms with Crippen LogP contribution in [0.15, 0.2) is 41.5 Å². The molecule has 0 spiro atoms. The van der Waals surface area contributed by atoms with Crippen molar-refractivity contribution in [2.75, 3.05) is 13.2 Å². The van der Waals surface area contributed by atoms with E-state index in [1.165, 1.54) is 6.07 Å². The molecule has 25 heavy (non-hydrogen) atoms. The Morgan fingerprint density at radius 3 is 2.72 bits per heavy atom. The zero-order valence-electron chi connectivity index (χ0n) is 15.0. The zero-order valence-corrected chi connectivity index (χ0v) is 15.0. The van der Waals surface area contributed by atoms with E-state index >= 15 is 0 Å². The molecule has 0 radical (unpaired) electrons. The average molecular weight is 344 g/mol. The second kappa shape index (κ2) is 9.61. The lowest BCUT2D eigenvalue weighted by Crippen LogP contribution is -2.36. The Bertz CT molecular complexity index is 718. The van der Waals surface area contributed by atoms with Gasteiger partial charge in [0.2, 0.25) is 5.88 Å². The molecule has 2 N–H and O–H groups in total. The summed E-state index contributed by atoms with van der Waals surface area (Å²) in [7, 11) is 0. The summed E-state index contributed by atoms with van der Waals surface area (Å²) in [5.41, 5.74) is 2.66. The lowest BCUT2D eigenvalue weighted by atomic mass is 10.1. The van der Waals surface area contributed by atoms with Crippen LogP contribution < -0.4 is 15.4 Å². The van der Waals surface area contributed by atoms with Crippen LogP contribution in [0.1, 0.15) is 30.5 Å². The minimum atomic E-state index is -0.194. The maximum absolute atomic E-state index is 13.3. The number of nitrogens with zero attached hydrogens (tertiary/aromatic N) is 2. The van der Waals surface area contributed by atoms with E-state index in [0.29, 0.717) is 37.1 Å². The zero-order chi connectivity index (χ0) is 18.1. The number of ether oxygens (including phenoxy) is 1. The topological polar surface area (TPSA) is 58.5 Å². The molecule has 0 unspecified atom stereocenters. The van der Waals surface area contributed by atoms with Crippen LogP contribution >= 0.6 is 0 Å². The van der Waals surface area contributed by atoms with Crippen LogP contribution in [0.25, 0.3) is 0 Å². The van der Waals surface area contributed by atoms with Crippen molar-refractivity contribution in [3.8, 4) is 5.88 Å². The molecule has 0 aliphatic rings. The quantitative estimate of drug-likeness (QED) is 0.598. The Balaban J connectivity index is 1.99. The molecule has 0 bridgehead atoms. The van der Waals surface area contributed by atoms with Gasteiger partial charge >= 0.3 is 0 Å². The van der Waals surface area contributed by atoms with E-state index < -0.39 is 0 Å². The molecule has 2 aromatic rings. The summed E-state index contributed by atoms with van der Waals surface area (Å²) in [5.74, 6) is 1.13. The van der Waals surface area contributed by atoms with Gasteiger partial charge in [-0.1, -0.05) is 12.1 Å². The molecule has 134 valence electrons. The van der Waals surface area contributed by atoms with Crippen LogP contribution in [0.3, 0.4) is 0 Å². The second-order valence-corrected chi connectivity index (χ2v) is 5.57. The van der Waals surface area contributed by atoms with Crippen molar-refractivity contribution in [1.82, 2.24) is 15.6 Å². The Labute approximate surface area is 148 Å². The van der Waals surface area contributed by atoms with E-state index in [0.717, 1.165) is 17.7 Å². The standard InChI is InChI=1S/C19H25FN4O/c1-4-21-19(23-12-15-6-7-17(20)14(3)10-15)24-13-16-8-9-22-18(11-16)25-5-2/h6-11H,4-5,12-13H2,1-3H3,(H2,21,23,24). The molecule has 2 rings (SSSR count). The Morgan fingerprint density at radius 1 is 1.16 bits per heavy atom. The number of hydrogen-bond donors (Lipinski definition) is 2. The molecular formula is C19H25FN4O. The average Bonchev–Trinajstić information content (AvgIpc) is 2.61. The first-order chi connectivity index (χ1) is 12.1. The van der Waals surface area contributed by atoms with E-state index in [9.17, 15) is 4.39 Å². The molecule has 0 aliphatic heterocycles. The van der Waals surface area contributed by atoms with Crippen LogP contribution in [0.4, 0.5) is 4.39 Å². The van der Waals surface area contributed by atoms with Crippen LogP contribution in [0.2, 0.25) is 0 Å². The number of rotatable bonds is 7. The molecule has 1 aromatic carbocycles. The third kappa shape index (κ3) is 6.06. The third-order valence-electron chi connectivity index (χ3n) is 3.54. The molecule has 0 saturated carbocycles. The number of hydrogen-bond acceptors (Lipinski definition) is 3. The first-order valence-corrected chi connectivity index (χ1v) is 8.47. The predicted molar refractivity (Wildman–Crippen MR) is 98.2 cm³/mol. The summed E-state index contributed by atoms with van der Waals surface area (Å²) >= 11 is 0. The minimum Gasteiger partial charge on any atom is -0.478 e. The number of aliphatic imine (C=N–C) groups is 1. The number of aryl methyl sites for hydroxylation is 1. The van der Waals surface area contributed by atoms with Crippen LogP contribution in [0, 0.1) is 12.7 Å². The Hall–Kier alpha value is -2.63. The summed E-state index contributed by atoms with van der Waals surface area (Å²) in [6.45, 7) is 8.14. The molecule has 0 fully saturated rings. The van der Waals surface area contributed by atoms with Gasteiger partial charge in [0.05, 0.1) is 13.2 Å². The summed E-state index contributed by atoms with van der Waals surface area (Å²) in [6, 6.07) is 8.89. The van der Waals surface area contributed by atoms with Gasteiger partial charge in [-0.25, -0.2) is 14.4 Å². The van der Waals surface area contributed by atoms with Crippen LogP contribution in [-0.4, -0.2) is 24.1 Å². The van der Waals surface area contributed by atoms with Gasteiger partial charge in [-0.15, -0.1) is 0 Å². The molecule has 0 aliphatic carbocycles. The van der Waals surface area contributed by atoms with Crippen molar-refractivity contribution in [1.29, 1.82) is 0 Å². The number of halogens is 1. The second-order valence-electron chi connectivity index (χ2n) is 5.57. The van der Waals surface area contributed by atoms with E-state index in [2.05, 4.69) is 20.6 Å². The van der Waals surface area contributed by atoms with Crippen molar-refractivity contribution in [3.63, 3.8) is 0 Å². The van der Waals surface area contributed by atoms with Crippen LogP contribution in [-0.2, 0) is 13.1 Å². The normalized spacial score (nSPS) is 11.3. The van der Waals surface area contributed by atoms with Gasteiger partial charge in [-0.05, 0) is 49.6 Å². The van der Waals surface area contributed by atoms with Gasteiger partial charge in [0.25, 0.3) is 0 Å². The Kier molecular flexibility index (Phi) is 7.19. The van der Waals surface area contributed by atoms with Gasteiger partial charge < -0.3 is 15.4 Å². The van der Waals surface area contributed by atoms with Crippen LogP contribution in [0.5, 0.6) is 5.88 Å². The first-order valence-electron chi connectivity index (χ1n) is 8.47. The van der Waals surface area contributed by atoms with E-state index in [-0.39, 0.29) is 5.82 Å². The Morgan fingerprint density at radius 2 is 2.00 bits per heavy atom. The number of guanidine groups is 1. The summed E-state index contributed by atoms with van der Waals surface area (Å²) < 4.78 is 18.8. The highest BCUT2D eigenvalue weighted by atomic mass is 19.1. The number of pyridine rings is 1. The smallest absolute Gasteiger partial charge is 0.213 e. The first kappa shape index (κ1) is 18.7. The highest BCUT2D eigenvalue weighted by Gasteiger charge is 2.02. The molecule has 5 nitrogen and oxygen atoms in total. The lowest BCUT2D eigenvalue weighted by Gasteiger charge is -2.12. The van der Waals surface area contributed by atoms with Gasteiger partial charge in [-0.2, -0.15) is 0 Å². The van der Waals surface area contributed by atoms with Crippen molar-refractivity contribution in [2.45, 2.75) is 33.9 Å². The molecular weight excluding hydrogens is 319 g/mol. The monoisotopic (exact) mass is 344 g/mol. The van der Waals surface area contributed by atoms with E-state index in [1.54, 1.807) is 19.2 Å². The van der Waals surface area contributed by atoms with Gasteiger partial charge in [0, 0.05) is 25.4 Å². The summed E-state index contributed by atoms with van der Waals surface area (Å²) in [4.78, 5) is 8.71. The fraction of sp³-hybridized carbons (Fsp3) is 0.368. The van der Waals surface area contributed by atoms with E-state index in [4.69, 9.17) is 4.74 Å². The summed E-state index contributed by atoms with van der Waals surface area (Å²) in [6.07, 6.45) is 1.73. The molecule has 6 heteroatoms.